The van der Waals surface area contributed by atoms with Crippen LogP contribution in [0, 0.1) is 59.2 Å². The average Bonchev–Trinajstić information content (AvgIpc) is 1.54. The molecule has 2 saturated carbocycles. The van der Waals surface area contributed by atoms with E-state index in [9.17, 15) is 10.2 Å². The third kappa shape index (κ3) is 17.4. The van der Waals surface area contributed by atoms with E-state index in [1.165, 1.54) is 70.3 Å². The van der Waals surface area contributed by atoms with E-state index in [0.717, 1.165) is 66.8 Å². The van der Waals surface area contributed by atoms with Gasteiger partial charge in [-0.05, 0) is 158 Å². The molecule has 6 aromatic carbocycles. The summed E-state index contributed by atoms with van der Waals surface area (Å²) in [6.45, 7) is 61.7. The van der Waals surface area contributed by atoms with E-state index >= 15 is 0 Å². The van der Waals surface area contributed by atoms with Gasteiger partial charge < -0.3 is 40.1 Å². The van der Waals surface area contributed by atoms with Crippen molar-refractivity contribution < 1.29 is 52.5 Å². The fraction of sp³-hybridized carbons (Fsp3) is 0.354. The van der Waals surface area contributed by atoms with Crippen molar-refractivity contribution in [2.24, 2.45) is 0 Å². The zero-order valence-electron chi connectivity index (χ0n) is 69.1. The Morgan fingerprint density at radius 2 is 0.370 bits per heavy atom. The maximum atomic E-state index is 12.1. The van der Waals surface area contributed by atoms with Crippen molar-refractivity contribution in [2.75, 3.05) is 0 Å². The Morgan fingerprint density at radius 1 is 0.222 bits per heavy atom. The molecule has 0 unspecified atom stereocenters. The van der Waals surface area contributed by atoms with E-state index < -0.39 is 11.5 Å². The molecule has 4 aliphatic rings. The summed E-state index contributed by atoms with van der Waals surface area (Å²) in [7, 11) is 0. The Morgan fingerprint density at radius 3 is 0.537 bits per heavy atom. The third-order valence-corrected chi connectivity index (χ3v) is 22.3. The number of aliphatic hydroxyl groups is 2. The number of aliphatic hydroxyl groups excluding tert-OH is 2. The zero-order chi connectivity index (χ0) is 77.6. The SMILES string of the molecule is CC(C)(C)c1ccc(C2=C(c3ccc(C(C)(C)C)cc3)c3nc2nc2[n-]c(nc4nc(nc5[n-]c(n3)c(-c3ccc(C(C)(C)C)cc3)c5-c3ccc(C(C)(C)C)cc3)C(O)=C4O)c(-c3ccc(C(C)(C)C)cc3)c2-c2ccc(C(C)(C)C)cc2)cc1.C[C]1[C](C)[C](C)[C](C)[C]1C.C[C]1[C](C)[C](C)[C](C)[C]1C.[Hf].[Ni+2]. The van der Waals surface area contributed by atoms with E-state index in [1.54, 1.807) is 0 Å². The maximum Gasteiger partial charge on any atom is 2.00 e. The summed E-state index contributed by atoms with van der Waals surface area (Å²) in [5, 5.41) is 24.1. The van der Waals surface area contributed by atoms with Crippen LogP contribution < -0.4 is 9.97 Å². The molecule has 5 heterocycles. The predicted molar refractivity (Wildman–Crippen MR) is 443 cm³/mol. The molecule has 12 heteroatoms. The van der Waals surface area contributed by atoms with E-state index in [4.69, 9.17) is 39.9 Å². The topological polar surface area (TPSA) is 146 Å². The van der Waals surface area contributed by atoms with E-state index in [1.807, 2.05) is 0 Å². The molecule has 0 spiro atoms. The Hall–Kier alpha value is -7.40. The van der Waals surface area contributed by atoms with Gasteiger partial charge in [0.1, 0.15) is 11.6 Å². The fourth-order valence-electron chi connectivity index (χ4n) is 14.0. The molecule has 108 heavy (non-hydrogen) atoms. The molecule has 0 saturated heterocycles. The van der Waals surface area contributed by atoms with Gasteiger partial charge >= 0.3 is 16.5 Å². The van der Waals surface area contributed by atoms with Crippen LogP contribution in [0.4, 0.5) is 0 Å². The molecule has 0 amide bonds. The first-order valence-corrected chi connectivity index (χ1v) is 37.5. The summed E-state index contributed by atoms with van der Waals surface area (Å²) in [4.78, 5) is 42.8. The van der Waals surface area contributed by atoms with Crippen molar-refractivity contribution in [2.45, 2.75) is 226 Å². The summed E-state index contributed by atoms with van der Waals surface area (Å²) < 4.78 is 0. The van der Waals surface area contributed by atoms with Crippen LogP contribution in [0.5, 0.6) is 0 Å². The predicted octanol–water partition coefficient (Wildman–Crippen LogP) is 24.5. The minimum atomic E-state index is -0.546. The van der Waals surface area contributed by atoms with Crippen molar-refractivity contribution in [1.82, 2.24) is 39.9 Å². The largest absolute Gasteiger partial charge is 2.00 e. The third-order valence-electron chi connectivity index (χ3n) is 22.3. The minimum Gasteiger partial charge on any atom is -0.503 e. The van der Waals surface area contributed by atoms with Crippen LogP contribution in [0.3, 0.4) is 0 Å². The summed E-state index contributed by atoms with van der Waals surface area (Å²) in [6, 6.07) is 51.4. The van der Waals surface area contributed by atoms with Gasteiger partial charge in [0.25, 0.3) is 0 Å². The normalized spacial score (nSPS) is 16.2. The van der Waals surface area contributed by atoms with Crippen molar-refractivity contribution in [3.05, 3.63) is 273 Å². The molecule has 10 radical (unpaired) electrons. The standard InChI is InChI=1S/C76H80N8O2.2C10H15.Hf.Ni/c1-71(2,3)49-31-19-43(20-32-49)55-56(44-21-33-50(34-22-44)72(4,5)6)64-77-63(55)78-65-57(45-23-35-51(36-24-45)73(7,8)9)59(47-27-39-53(40-28-47)75(13,14)15)67(80-65)82-69-61(85)62(86)70(84-69)83-68-60(48-29-41-54(42-30-48)76(16,17)18)58(66(79-64)81-68)46-25-37-52(38-26-46)74(10,11)12;2*1-6-7(2)9(4)10(5)8(6)3;;/h19-42H,1-18H3,(H2-2,77,78,79,80,81,82,83,84,85,86);2*1-5H3;;/q-2;;;;+2. The van der Waals surface area contributed by atoms with Gasteiger partial charge in [-0.15, -0.1) is 0 Å². The quantitative estimate of drug-likeness (QED) is 0.154. The molecule has 0 atom stereocenters. The first-order valence-electron chi connectivity index (χ1n) is 37.5. The van der Waals surface area contributed by atoms with E-state index in [0.29, 0.717) is 45.2 Å². The summed E-state index contributed by atoms with van der Waals surface area (Å²) in [5.41, 5.74) is 16.8. The first-order chi connectivity index (χ1) is 49.3. The molecule has 13 rings (SSSR count). The van der Waals surface area contributed by atoms with Gasteiger partial charge in [0.15, 0.2) is 11.5 Å². The number of fused-ring (bicyclic) bond motifs is 8. The van der Waals surface area contributed by atoms with Crippen LogP contribution in [0.25, 0.3) is 89.8 Å². The van der Waals surface area contributed by atoms with Crippen LogP contribution in [-0.4, -0.2) is 40.1 Å². The Balaban J connectivity index is 0.000000530. The second-order valence-corrected chi connectivity index (χ2v) is 35.6. The van der Waals surface area contributed by atoms with Crippen molar-refractivity contribution in [1.29, 1.82) is 0 Å². The molecular formula is C96H110HfN8NiO2. The monoisotopic (exact) mass is 1640 g/mol. The van der Waals surface area contributed by atoms with Crippen molar-refractivity contribution in [3.8, 4) is 44.5 Å². The summed E-state index contributed by atoms with van der Waals surface area (Å²) in [5.74, 6) is 14.0. The number of nitrogens with zero attached hydrogens (tertiary/aromatic N) is 8. The number of hydrogen-bond acceptors (Lipinski definition) is 8. The van der Waals surface area contributed by atoms with Crippen LogP contribution >= 0.6 is 0 Å². The van der Waals surface area contributed by atoms with Crippen LogP contribution in [0.2, 0.25) is 0 Å². The molecule has 2 aliphatic carbocycles. The van der Waals surface area contributed by atoms with Gasteiger partial charge in [-0.3, -0.25) is 0 Å². The molecule has 560 valence electrons. The van der Waals surface area contributed by atoms with Crippen molar-refractivity contribution in [3.63, 3.8) is 0 Å². The fourth-order valence-corrected chi connectivity index (χ4v) is 14.0. The Labute approximate surface area is 676 Å². The molecule has 2 aliphatic heterocycles. The van der Waals surface area contributed by atoms with Gasteiger partial charge in [0, 0.05) is 81.8 Å². The second kappa shape index (κ2) is 31.8. The molecule has 3 aromatic heterocycles. The number of aromatic nitrogens is 8. The van der Waals surface area contributed by atoms with Crippen LogP contribution in [0.1, 0.15) is 262 Å². The molecular weight excluding hydrogens is 1530 g/mol. The van der Waals surface area contributed by atoms with E-state index in [-0.39, 0.29) is 97.8 Å². The van der Waals surface area contributed by atoms with Gasteiger partial charge in [0.05, 0.1) is 11.6 Å². The Bertz CT molecular complexity index is 4530. The zero-order valence-corrected chi connectivity index (χ0v) is 73.7. The van der Waals surface area contributed by atoms with Gasteiger partial charge in [-0.2, -0.15) is 0 Å². The molecule has 9 aromatic rings. The first kappa shape index (κ1) is 84.6. The molecule has 8 bridgehead atoms. The average molecular weight is 1650 g/mol. The number of hydrogen-bond donors (Lipinski definition) is 2. The maximum absolute atomic E-state index is 12.1. The minimum absolute atomic E-state index is 0. The van der Waals surface area contributed by atoms with Gasteiger partial charge in [0.2, 0.25) is 0 Å². The number of rotatable bonds is 6. The number of benzene rings is 6. The van der Waals surface area contributed by atoms with Crippen LogP contribution in [-0.2, 0) is 74.8 Å². The summed E-state index contributed by atoms with van der Waals surface area (Å²) in [6.07, 6.45) is 0. The van der Waals surface area contributed by atoms with Gasteiger partial charge in [-0.1, -0.05) is 339 Å². The summed E-state index contributed by atoms with van der Waals surface area (Å²) >= 11 is 0. The Kier molecular flexibility index (Phi) is 24.9. The molecule has 2 fully saturated rings. The van der Waals surface area contributed by atoms with E-state index in [2.05, 4.69) is 339 Å². The molecule has 2 N–H and O–H groups in total. The smallest absolute Gasteiger partial charge is 0.503 e. The molecule has 10 nitrogen and oxygen atoms in total. The van der Waals surface area contributed by atoms with Gasteiger partial charge in [-0.25, -0.2) is 9.97 Å². The van der Waals surface area contributed by atoms with Crippen LogP contribution in [0.15, 0.2) is 146 Å². The van der Waals surface area contributed by atoms with Crippen molar-refractivity contribution >= 4 is 45.3 Å². The second-order valence-electron chi connectivity index (χ2n) is 35.6.